The van der Waals surface area contributed by atoms with Crippen molar-refractivity contribution < 1.29 is 0 Å². The minimum absolute atomic E-state index is 0. The molecule has 1 aliphatic carbocycles. The van der Waals surface area contributed by atoms with E-state index in [1.54, 1.807) is 30.2 Å². The van der Waals surface area contributed by atoms with Crippen LogP contribution in [0.1, 0.15) is 51.9 Å². The Morgan fingerprint density at radius 3 is 2.42 bits per heavy atom. The van der Waals surface area contributed by atoms with Gasteiger partial charge in [0.25, 0.3) is 0 Å². The number of hydrogen-bond donors (Lipinski definition) is 0. The van der Waals surface area contributed by atoms with Crippen LogP contribution in [0.3, 0.4) is 0 Å². The Balaban J connectivity index is 0.00000121. The highest BCUT2D eigenvalue weighted by molar-refractivity contribution is 8.93. The summed E-state index contributed by atoms with van der Waals surface area (Å²) >= 11 is 0.355. The molecule has 0 bridgehead atoms. The molecule has 0 aromatic rings. The molecule has 0 spiro atoms. The van der Waals surface area contributed by atoms with Crippen molar-refractivity contribution in [2.75, 3.05) is 0 Å². The molecule has 1 aliphatic rings. The highest BCUT2D eigenvalue weighted by Gasteiger charge is 2.14. The normalized spacial score (nSPS) is 18.1. The van der Waals surface area contributed by atoms with Crippen molar-refractivity contribution in [1.29, 1.82) is 0 Å². The summed E-state index contributed by atoms with van der Waals surface area (Å²) in [5, 5.41) is 0. The molecule has 70 valence electrons. The zero-order valence-electron chi connectivity index (χ0n) is 8.35. The molecular formula is C10H21BrMg. The molecule has 0 aromatic heterocycles. The van der Waals surface area contributed by atoms with E-state index >= 15 is 0 Å². The van der Waals surface area contributed by atoms with Crippen LogP contribution in [0.5, 0.6) is 0 Å². The third-order valence-electron chi connectivity index (χ3n) is 2.94. The smallest absolute Gasteiger partial charge is 0.145 e. The summed E-state index contributed by atoms with van der Waals surface area (Å²) < 4.78 is 2.87. The van der Waals surface area contributed by atoms with Crippen molar-refractivity contribution in [3.63, 3.8) is 0 Å². The Bertz CT molecular complexity index is 89.8. The molecule has 1 fully saturated rings. The topological polar surface area (TPSA) is 0 Å². The standard InChI is InChI=1S/C6H11.C4H9.BrH.Mg/c1-2-4-6-5-3-1;1-3-4-2;;/h1H,2-6H2;1,3-4H2,2H3;1H;. The molecule has 0 nitrogen and oxygen atoms in total. The third kappa shape index (κ3) is 5.82. The second-order valence-electron chi connectivity index (χ2n) is 4.00. The average Bonchev–Trinajstić information content (AvgIpc) is 2.07. The Labute approximate surface area is 97.4 Å². The lowest BCUT2D eigenvalue weighted by Crippen LogP contribution is -2.07. The lowest BCUT2D eigenvalue weighted by atomic mass is 10.00. The van der Waals surface area contributed by atoms with Gasteiger partial charge in [0.05, 0.1) is 0 Å². The Morgan fingerprint density at radius 1 is 1.17 bits per heavy atom. The van der Waals surface area contributed by atoms with E-state index in [9.17, 15) is 0 Å². The fourth-order valence-corrected chi connectivity index (χ4v) is 4.68. The van der Waals surface area contributed by atoms with Crippen LogP contribution in [0.2, 0.25) is 8.60 Å². The Kier molecular flexibility index (Phi) is 9.74. The SMILES string of the molecule is Br.CCC[CH2][Mg][CH]1CCCCC1. The number of rotatable bonds is 4. The van der Waals surface area contributed by atoms with Gasteiger partial charge in [-0.05, 0) is 0 Å². The summed E-state index contributed by atoms with van der Waals surface area (Å²) in [5.74, 6) is 0. The van der Waals surface area contributed by atoms with Gasteiger partial charge in [-0.2, -0.15) is 0 Å². The largest absolute Gasteiger partial charge is 0.368 e. The number of halogens is 1. The molecule has 0 N–H and O–H groups in total. The van der Waals surface area contributed by atoms with Crippen LogP contribution in [0.25, 0.3) is 0 Å². The van der Waals surface area contributed by atoms with Gasteiger partial charge in [-0.1, -0.05) is 51.9 Å². The van der Waals surface area contributed by atoms with Gasteiger partial charge in [-0.3, -0.25) is 0 Å². The second kappa shape index (κ2) is 8.83. The summed E-state index contributed by atoms with van der Waals surface area (Å²) in [7, 11) is 0. The van der Waals surface area contributed by atoms with E-state index in [1.165, 1.54) is 23.3 Å². The highest BCUT2D eigenvalue weighted by atomic mass is 79.9. The minimum atomic E-state index is 0. The lowest BCUT2D eigenvalue weighted by Gasteiger charge is -2.20. The number of hydrogen-bond acceptors (Lipinski definition) is 0. The van der Waals surface area contributed by atoms with Gasteiger partial charge in [0.1, 0.15) is 0 Å². The molecule has 0 saturated heterocycles. The maximum atomic E-state index is 2.31. The monoisotopic (exact) mass is 244 g/mol. The van der Waals surface area contributed by atoms with Crippen LogP contribution in [0.15, 0.2) is 0 Å². The van der Waals surface area contributed by atoms with E-state index in [0.717, 1.165) is 0 Å². The predicted molar refractivity (Wildman–Crippen MR) is 62.6 cm³/mol. The first-order chi connectivity index (χ1) is 5.43. The van der Waals surface area contributed by atoms with Gasteiger partial charge in [0.15, 0.2) is 0 Å². The van der Waals surface area contributed by atoms with Crippen LogP contribution < -0.4 is 0 Å². The fourth-order valence-electron chi connectivity index (χ4n) is 2.16. The average molecular weight is 245 g/mol. The Hall–Kier alpha value is 1.25. The van der Waals surface area contributed by atoms with Crippen LogP contribution >= 0.6 is 17.0 Å². The molecule has 0 aromatic carbocycles. The van der Waals surface area contributed by atoms with Gasteiger partial charge >= 0.3 is 20.4 Å². The number of unbranched alkanes of at least 4 members (excludes halogenated alkanes) is 1. The van der Waals surface area contributed by atoms with Gasteiger partial charge in [-0.25, -0.2) is 0 Å². The minimum Gasteiger partial charge on any atom is -0.145 e. The quantitative estimate of drug-likeness (QED) is 0.513. The van der Waals surface area contributed by atoms with E-state index in [4.69, 9.17) is 0 Å². The molecule has 0 amide bonds. The van der Waals surface area contributed by atoms with E-state index in [0.29, 0.717) is 20.4 Å². The maximum absolute atomic E-state index is 2.31. The van der Waals surface area contributed by atoms with Crippen molar-refractivity contribution in [3.8, 4) is 0 Å². The van der Waals surface area contributed by atoms with Crippen molar-refractivity contribution in [1.82, 2.24) is 0 Å². The third-order valence-corrected chi connectivity index (χ3v) is 5.48. The molecule has 1 saturated carbocycles. The lowest BCUT2D eigenvalue weighted by molar-refractivity contribution is 0.499. The first-order valence-electron chi connectivity index (χ1n) is 5.43. The summed E-state index contributed by atoms with van der Waals surface area (Å²) in [6.45, 7) is 2.31. The van der Waals surface area contributed by atoms with Crippen LogP contribution in [0.4, 0.5) is 0 Å². The van der Waals surface area contributed by atoms with E-state index in [2.05, 4.69) is 6.92 Å². The highest BCUT2D eigenvalue weighted by Crippen LogP contribution is 2.28. The maximum Gasteiger partial charge on any atom is 0.368 e. The molecule has 0 radical (unpaired) electrons. The fraction of sp³-hybridized carbons (Fsp3) is 1.00. The van der Waals surface area contributed by atoms with Gasteiger partial charge < -0.3 is 0 Å². The summed E-state index contributed by atoms with van der Waals surface area (Å²) in [4.78, 5) is 0. The van der Waals surface area contributed by atoms with Crippen molar-refractivity contribution in [3.05, 3.63) is 0 Å². The van der Waals surface area contributed by atoms with Crippen LogP contribution in [0, 0.1) is 0 Å². The van der Waals surface area contributed by atoms with E-state index in [1.807, 2.05) is 0 Å². The Morgan fingerprint density at radius 2 is 1.83 bits per heavy atom. The second-order valence-corrected chi connectivity index (χ2v) is 6.44. The molecule has 1 rings (SSSR count). The van der Waals surface area contributed by atoms with Gasteiger partial charge in [0, 0.05) is 0 Å². The molecule has 0 atom stereocenters. The van der Waals surface area contributed by atoms with Crippen LogP contribution in [-0.4, -0.2) is 20.4 Å². The molecule has 12 heavy (non-hydrogen) atoms. The summed E-state index contributed by atoms with van der Waals surface area (Å²) in [5.41, 5.74) is 0. The zero-order valence-corrected chi connectivity index (χ0v) is 11.5. The predicted octanol–water partition coefficient (Wildman–Crippen LogP) is 4.24. The van der Waals surface area contributed by atoms with E-state index < -0.39 is 0 Å². The van der Waals surface area contributed by atoms with Crippen molar-refractivity contribution in [2.24, 2.45) is 0 Å². The van der Waals surface area contributed by atoms with Gasteiger partial charge in [-0.15, -0.1) is 25.6 Å². The van der Waals surface area contributed by atoms with Gasteiger partial charge in [0.2, 0.25) is 0 Å². The van der Waals surface area contributed by atoms with E-state index in [-0.39, 0.29) is 17.0 Å². The van der Waals surface area contributed by atoms with Crippen molar-refractivity contribution in [2.45, 2.75) is 60.5 Å². The van der Waals surface area contributed by atoms with Crippen LogP contribution in [-0.2, 0) is 0 Å². The molecule has 2 heteroatoms. The first kappa shape index (κ1) is 13.2. The van der Waals surface area contributed by atoms with Crippen molar-refractivity contribution >= 4 is 37.3 Å². The summed E-state index contributed by atoms with van der Waals surface area (Å²) in [6.07, 6.45) is 10.7. The molecule has 0 heterocycles. The molecule has 0 unspecified atom stereocenters. The first-order valence-corrected chi connectivity index (χ1v) is 7.25. The molecular weight excluding hydrogens is 224 g/mol. The summed E-state index contributed by atoms with van der Waals surface area (Å²) in [6, 6.07) is 0. The zero-order chi connectivity index (χ0) is 7.94. The molecule has 0 aliphatic heterocycles.